The van der Waals surface area contributed by atoms with Crippen molar-refractivity contribution < 1.29 is 9.26 Å². The fraction of sp³-hybridized carbons (Fsp3) is 0.692. The number of nitrogens with zero attached hydrogens (tertiary/aromatic N) is 6. The fourth-order valence-electron chi connectivity index (χ4n) is 3.13. The molecule has 0 amide bonds. The molecule has 2 aliphatic rings. The molecule has 0 aliphatic carbocycles. The summed E-state index contributed by atoms with van der Waals surface area (Å²) in [6, 6.07) is 0.289. The van der Waals surface area contributed by atoms with E-state index in [0.29, 0.717) is 19.0 Å². The van der Waals surface area contributed by atoms with E-state index in [1.807, 2.05) is 10.9 Å². The number of thioether (sulfide) groups is 1. The molecule has 9 heteroatoms. The lowest BCUT2D eigenvalue weighted by Gasteiger charge is -2.40. The van der Waals surface area contributed by atoms with Crippen molar-refractivity contribution in [2.24, 2.45) is 0 Å². The van der Waals surface area contributed by atoms with Gasteiger partial charge in [-0.1, -0.05) is 10.4 Å². The van der Waals surface area contributed by atoms with E-state index in [0.717, 1.165) is 36.8 Å². The van der Waals surface area contributed by atoms with Crippen molar-refractivity contribution in [2.75, 3.05) is 19.3 Å². The van der Waals surface area contributed by atoms with Crippen LogP contribution >= 0.6 is 11.8 Å². The number of hydrogen-bond donors (Lipinski definition) is 0. The van der Waals surface area contributed by atoms with Gasteiger partial charge in [-0.2, -0.15) is 16.7 Å². The minimum atomic E-state index is 0.150. The average molecular weight is 322 g/mol. The molecule has 1 saturated heterocycles. The predicted octanol–water partition coefficient (Wildman–Crippen LogP) is 0.870. The van der Waals surface area contributed by atoms with Crippen molar-refractivity contribution in [3.05, 3.63) is 23.6 Å². The van der Waals surface area contributed by atoms with Crippen LogP contribution in [0.25, 0.3) is 0 Å². The second kappa shape index (κ2) is 5.98. The molecule has 2 aromatic heterocycles. The van der Waals surface area contributed by atoms with Crippen molar-refractivity contribution in [2.45, 2.75) is 37.5 Å². The number of hydrogen-bond acceptors (Lipinski definition) is 8. The SMILES string of the molecule is CSCc1noc(CN2CC[C@H]3[C@H](C2)OCc2cnnn23)n1. The van der Waals surface area contributed by atoms with Gasteiger partial charge in [0.15, 0.2) is 5.82 Å². The summed E-state index contributed by atoms with van der Waals surface area (Å²) in [4.78, 5) is 6.72. The van der Waals surface area contributed by atoms with E-state index in [-0.39, 0.29) is 12.1 Å². The maximum absolute atomic E-state index is 5.97. The van der Waals surface area contributed by atoms with Crippen molar-refractivity contribution in [3.8, 4) is 0 Å². The number of aromatic nitrogens is 5. The molecule has 1 fully saturated rings. The molecule has 0 spiro atoms. The Balaban J connectivity index is 1.40. The highest BCUT2D eigenvalue weighted by Gasteiger charge is 2.36. The molecule has 4 heterocycles. The van der Waals surface area contributed by atoms with Crippen molar-refractivity contribution in [1.82, 2.24) is 30.0 Å². The summed E-state index contributed by atoms with van der Waals surface area (Å²) in [7, 11) is 0. The summed E-state index contributed by atoms with van der Waals surface area (Å²) in [6.45, 7) is 3.08. The van der Waals surface area contributed by atoms with Gasteiger partial charge >= 0.3 is 0 Å². The minimum Gasteiger partial charge on any atom is -0.368 e. The lowest BCUT2D eigenvalue weighted by Crippen LogP contribution is -2.48. The third-order valence-electron chi connectivity index (χ3n) is 4.16. The van der Waals surface area contributed by atoms with Crippen LogP contribution in [0, 0.1) is 0 Å². The second-order valence-electron chi connectivity index (χ2n) is 5.65. The summed E-state index contributed by atoms with van der Waals surface area (Å²) < 4.78 is 13.3. The van der Waals surface area contributed by atoms with Crippen LogP contribution in [-0.4, -0.2) is 55.5 Å². The van der Waals surface area contributed by atoms with Crippen LogP contribution in [0.3, 0.4) is 0 Å². The molecule has 0 unspecified atom stereocenters. The van der Waals surface area contributed by atoms with Gasteiger partial charge in [0, 0.05) is 13.1 Å². The second-order valence-corrected chi connectivity index (χ2v) is 6.51. The predicted molar refractivity (Wildman–Crippen MR) is 79.0 cm³/mol. The van der Waals surface area contributed by atoms with E-state index in [1.165, 1.54) is 0 Å². The van der Waals surface area contributed by atoms with Gasteiger partial charge in [0.2, 0.25) is 5.89 Å². The topological polar surface area (TPSA) is 82.1 Å². The summed E-state index contributed by atoms with van der Waals surface area (Å²) in [6.07, 6.45) is 4.96. The summed E-state index contributed by atoms with van der Waals surface area (Å²) in [5.74, 6) is 2.23. The van der Waals surface area contributed by atoms with Crippen molar-refractivity contribution >= 4 is 11.8 Å². The molecule has 8 nitrogen and oxygen atoms in total. The normalized spacial score (nSPS) is 25.0. The molecule has 0 N–H and O–H groups in total. The van der Waals surface area contributed by atoms with E-state index >= 15 is 0 Å². The van der Waals surface area contributed by atoms with Crippen LogP contribution in [0.4, 0.5) is 0 Å². The smallest absolute Gasteiger partial charge is 0.240 e. The van der Waals surface area contributed by atoms with Crippen LogP contribution in [0.1, 0.15) is 29.9 Å². The van der Waals surface area contributed by atoms with Gasteiger partial charge in [0.25, 0.3) is 0 Å². The Kier molecular flexibility index (Phi) is 3.85. The van der Waals surface area contributed by atoms with Crippen LogP contribution in [-0.2, 0) is 23.6 Å². The number of fused-ring (bicyclic) bond motifs is 3. The quantitative estimate of drug-likeness (QED) is 0.820. The lowest BCUT2D eigenvalue weighted by molar-refractivity contribution is -0.0717. The third-order valence-corrected chi connectivity index (χ3v) is 4.71. The van der Waals surface area contributed by atoms with Gasteiger partial charge in [-0.3, -0.25) is 4.90 Å². The van der Waals surface area contributed by atoms with Crippen LogP contribution in [0.15, 0.2) is 10.7 Å². The maximum Gasteiger partial charge on any atom is 0.240 e. The maximum atomic E-state index is 5.97. The summed E-state index contributed by atoms with van der Waals surface area (Å²) in [5.41, 5.74) is 1.06. The third kappa shape index (κ3) is 2.64. The highest BCUT2D eigenvalue weighted by atomic mass is 32.2. The van der Waals surface area contributed by atoms with Gasteiger partial charge in [-0.25, -0.2) is 4.68 Å². The Hall–Kier alpha value is -1.45. The first kappa shape index (κ1) is 14.2. The number of rotatable bonds is 4. The Labute approximate surface area is 132 Å². The molecular formula is C13H18N6O2S. The van der Waals surface area contributed by atoms with Crippen molar-refractivity contribution in [3.63, 3.8) is 0 Å². The van der Waals surface area contributed by atoms with Crippen LogP contribution in [0.2, 0.25) is 0 Å². The number of ether oxygens (including phenoxy) is 1. The fourth-order valence-corrected chi connectivity index (χ4v) is 3.50. The molecule has 118 valence electrons. The minimum absolute atomic E-state index is 0.150. The van der Waals surface area contributed by atoms with Gasteiger partial charge in [0.1, 0.15) is 0 Å². The van der Waals surface area contributed by atoms with Crippen molar-refractivity contribution in [1.29, 1.82) is 0 Å². The van der Waals surface area contributed by atoms with Crippen LogP contribution < -0.4 is 0 Å². The lowest BCUT2D eigenvalue weighted by atomic mass is 10.0. The first-order valence-corrected chi connectivity index (χ1v) is 8.76. The molecule has 2 aromatic rings. The first-order chi connectivity index (χ1) is 10.8. The average Bonchev–Trinajstić information content (AvgIpc) is 3.16. The highest BCUT2D eigenvalue weighted by molar-refractivity contribution is 7.97. The summed E-state index contributed by atoms with van der Waals surface area (Å²) in [5, 5.41) is 12.2. The van der Waals surface area contributed by atoms with E-state index < -0.39 is 0 Å². The molecule has 0 aromatic carbocycles. The van der Waals surface area contributed by atoms with Gasteiger partial charge in [0.05, 0.1) is 42.9 Å². The zero-order chi connectivity index (χ0) is 14.9. The first-order valence-electron chi connectivity index (χ1n) is 7.37. The molecule has 22 heavy (non-hydrogen) atoms. The molecule has 0 bridgehead atoms. The number of likely N-dealkylation sites (tertiary alicyclic amines) is 1. The van der Waals surface area contributed by atoms with E-state index in [2.05, 4.69) is 25.4 Å². The van der Waals surface area contributed by atoms with E-state index in [9.17, 15) is 0 Å². The highest BCUT2D eigenvalue weighted by Crippen LogP contribution is 2.30. The molecule has 0 saturated carbocycles. The standard InChI is InChI=1S/C13H18N6O2S/c1-22-8-12-15-13(21-16-12)6-18-3-2-10-11(5-18)20-7-9-4-14-17-19(9)10/h4,10-11H,2-3,5-8H2,1H3/t10-,11-/m0/s1. The van der Waals surface area contributed by atoms with E-state index in [1.54, 1.807) is 18.0 Å². The Morgan fingerprint density at radius 1 is 1.45 bits per heavy atom. The van der Waals surface area contributed by atoms with Crippen LogP contribution in [0.5, 0.6) is 0 Å². The summed E-state index contributed by atoms with van der Waals surface area (Å²) >= 11 is 1.69. The molecule has 4 rings (SSSR count). The molecule has 2 atom stereocenters. The largest absolute Gasteiger partial charge is 0.368 e. The van der Waals surface area contributed by atoms with Gasteiger partial charge in [-0.15, -0.1) is 5.10 Å². The zero-order valence-electron chi connectivity index (χ0n) is 12.4. The molecular weight excluding hydrogens is 304 g/mol. The van der Waals surface area contributed by atoms with Gasteiger partial charge in [-0.05, 0) is 12.7 Å². The zero-order valence-corrected chi connectivity index (χ0v) is 13.2. The van der Waals surface area contributed by atoms with Gasteiger partial charge < -0.3 is 9.26 Å². The number of piperidine rings is 1. The Morgan fingerprint density at radius 2 is 2.41 bits per heavy atom. The Bertz CT molecular complexity index is 644. The Morgan fingerprint density at radius 3 is 3.32 bits per heavy atom. The monoisotopic (exact) mass is 322 g/mol. The van der Waals surface area contributed by atoms with E-state index in [4.69, 9.17) is 9.26 Å². The molecule has 0 radical (unpaired) electrons. The molecule has 2 aliphatic heterocycles.